The van der Waals surface area contributed by atoms with Crippen molar-refractivity contribution in [2.24, 2.45) is 7.05 Å². The minimum absolute atomic E-state index is 0.0519. The summed E-state index contributed by atoms with van der Waals surface area (Å²) in [7, 11) is 1.90. The zero-order valence-corrected chi connectivity index (χ0v) is 15.2. The smallest absolute Gasteiger partial charge is 0.224 e. The van der Waals surface area contributed by atoms with E-state index in [0.717, 1.165) is 27.6 Å². The summed E-state index contributed by atoms with van der Waals surface area (Å²) in [6, 6.07) is 11.9. The number of pyridine rings is 2. The first-order chi connectivity index (χ1) is 13.1. The lowest BCUT2D eigenvalue weighted by Gasteiger charge is -2.10. The van der Waals surface area contributed by atoms with Gasteiger partial charge >= 0.3 is 0 Å². The second-order valence-electron chi connectivity index (χ2n) is 6.34. The Morgan fingerprint density at radius 1 is 1.07 bits per heavy atom. The first kappa shape index (κ1) is 16.9. The summed E-state index contributed by atoms with van der Waals surface area (Å²) in [5.41, 5.74) is 4.20. The molecule has 0 aliphatic carbocycles. The van der Waals surface area contributed by atoms with Crippen LogP contribution in [0.15, 0.2) is 61.2 Å². The van der Waals surface area contributed by atoms with E-state index in [4.69, 9.17) is 0 Å². The number of nitrogens with one attached hydrogen (secondary N) is 1. The van der Waals surface area contributed by atoms with Crippen LogP contribution in [0, 0.1) is 0 Å². The second-order valence-corrected chi connectivity index (χ2v) is 6.34. The number of carbonyl (C=O) groups is 1. The molecule has 0 unspecified atom stereocenters. The van der Waals surface area contributed by atoms with Crippen molar-refractivity contribution in [1.29, 1.82) is 0 Å². The van der Waals surface area contributed by atoms with Gasteiger partial charge in [-0.25, -0.2) is 0 Å². The SMILES string of the molecule is CCC(=O)Nc1cccnc1-c1cc2cc(-c3cnn(C)c3)ccc2cn1. The molecule has 4 rings (SSSR count). The monoisotopic (exact) mass is 357 g/mol. The summed E-state index contributed by atoms with van der Waals surface area (Å²) in [5.74, 6) is -0.0519. The number of rotatable bonds is 4. The Balaban J connectivity index is 1.78. The van der Waals surface area contributed by atoms with Gasteiger partial charge in [0.1, 0.15) is 5.69 Å². The Bertz CT molecular complexity index is 1130. The van der Waals surface area contributed by atoms with Crippen molar-refractivity contribution in [3.63, 3.8) is 0 Å². The first-order valence-corrected chi connectivity index (χ1v) is 8.78. The molecule has 0 radical (unpaired) electrons. The number of amides is 1. The molecule has 0 saturated heterocycles. The van der Waals surface area contributed by atoms with E-state index in [-0.39, 0.29) is 5.91 Å². The zero-order chi connectivity index (χ0) is 18.8. The largest absolute Gasteiger partial charge is 0.324 e. The van der Waals surface area contributed by atoms with E-state index in [2.05, 4.69) is 32.5 Å². The molecule has 134 valence electrons. The molecule has 1 N–H and O–H groups in total. The number of hydrogen-bond acceptors (Lipinski definition) is 4. The van der Waals surface area contributed by atoms with Gasteiger partial charge in [-0.3, -0.25) is 19.4 Å². The molecular weight excluding hydrogens is 338 g/mol. The van der Waals surface area contributed by atoms with Gasteiger partial charge in [-0.05, 0) is 35.2 Å². The van der Waals surface area contributed by atoms with Crippen LogP contribution in [0.3, 0.4) is 0 Å². The number of benzene rings is 1. The fourth-order valence-electron chi connectivity index (χ4n) is 2.97. The van der Waals surface area contributed by atoms with Crippen molar-refractivity contribution in [2.75, 3.05) is 5.32 Å². The lowest BCUT2D eigenvalue weighted by atomic mass is 10.0. The van der Waals surface area contributed by atoms with Crippen LogP contribution in [0.1, 0.15) is 13.3 Å². The van der Waals surface area contributed by atoms with Gasteiger partial charge in [0.25, 0.3) is 0 Å². The third-order valence-corrected chi connectivity index (χ3v) is 4.41. The minimum Gasteiger partial charge on any atom is -0.324 e. The lowest BCUT2D eigenvalue weighted by Crippen LogP contribution is -2.11. The Labute approximate surface area is 156 Å². The fourth-order valence-corrected chi connectivity index (χ4v) is 2.97. The van der Waals surface area contributed by atoms with Crippen molar-refractivity contribution >= 4 is 22.4 Å². The molecule has 4 aromatic rings. The van der Waals surface area contributed by atoms with Crippen LogP contribution >= 0.6 is 0 Å². The van der Waals surface area contributed by atoms with E-state index in [1.54, 1.807) is 16.9 Å². The van der Waals surface area contributed by atoms with E-state index in [1.807, 2.05) is 50.8 Å². The van der Waals surface area contributed by atoms with Crippen LogP contribution in [0.2, 0.25) is 0 Å². The summed E-state index contributed by atoms with van der Waals surface area (Å²) in [4.78, 5) is 20.8. The van der Waals surface area contributed by atoms with Crippen LogP contribution in [0.5, 0.6) is 0 Å². The molecule has 0 aliphatic rings. The van der Waals surface area contributed by atoms with Crippen LogP contribution in [-0.2, 0) is 11.8 Å². The van der Waals surface area contributed by atoms with E-state index in [9.17, 15) is 4.79 Å². The number of aryl methyl sites for hydroxylation is 1. The van der Waals surface area contributed by atoms with Crippen molar-refractivity contribution in [3.05, 3.63) is 61.2 Å². The fraction of sp³-hybridized carbons (Fsp3) is 0.143. The molecule has 6 heteroatoms. The Kier molecular flexibility index (Phi) is 4.38. The molecule has 0 atom stereocenters. The van der Waals surface area contributed by atoms with Crippen LogP contribution in [0.4, 0.5) is 5.69 Å². The normalized spacial score (nSPS) is 10.9. The van der Waals surface area contributed by atoms with Crippen LogP contribution in [-0.4, -0.2) is 25.7 Å². The standard InChI is InChI=1S/C21H19N5O/c1-3-20(27)25-18-5-4-8-22-21(18)19-10-16-9-14(6-7-15(16)11-23-19)17-12-24-26(2)13-17/h4-13H,3H2,1-2H3,(H,25,27). The number of fused-ring (bicyclic) bond motifs is 1. The molecule has 1 aromatic carbocycles. The quantitative estimate of drug-likeness (QED) is 0.598. The molecule has 3 aromatic heterocycles. The summed E-state index contributed by atoms with van der Waals surface area (Å²) in [6.07, 6.45) is 7.78. The van der Waals surface area contributed by atoms with Gasteiger partial charge in [0.2, 0.25) is 5.91 Å². The van der Waals surface area contributed by atoms with E-state index >= 15 is 0 Å². The van der Waals surface area contributed by atoms with Crippen molar-refractivity contribution < 1.29 is 4.79 Å². The van der Waals surface area contributed by atoms with Gasteiger partial charge in [0, 0.05) is 43.0 Å². The van der Waals surface area contributed by atoms with Crippen molar-refractivity contribution in [3.8, 4) is 22.5 Å². The molecule has 3 heterocycles. The molecule has 0 fully saturated rings. The minimum atomic E-state index is -0.0519. The zero-order valence-electron chi connectivity index (χ0n) is 15.2. The number of aromatic nitrogens is 4. The van der Waals surface area contributed by atoms with Gasteiger partial charge in [-0.2, -0.15) is 5.10 Å². The summed E-state index contributed by atoms with van der Waals surface area (Å²) >= 11 is 0. The number of hydrogen-bond donors (Lipinski definition) is 1. The molecule has 1 amide bonds. The molecule has 0 aliphatic heterocycles. The van der Waals surface area contributed by atoms with Gasteiger partial charge in [0.05, 0.1) is 17.6 Å². The first-order valence-electron chi connectivity index (χ1n) is 8.78. The predicted molar refractivity (Wildman–Crippen MR) is 106 cm³/mol. The van der Waals surface area contributed by atoms with Gasteiger partial charge in [-0.1, -0.05) is 19.1 Å². The number of nitrogens with zero attached hydrogens (tertiary/aromatic N) is 4. The van der Waals surface area contributed by atoms with E-state index < -0.39 is 0 Å². The predicted octanol–water partition coefficient (Wildman–Crippen LogP) is 4.05. The molecule has 0 saturated carbocycles. The summed E-state index contributed by atoms with van der Waals surface area (Å²) in [6.45, 7) is 1.82. The van der Waals surface area contributed by atoms with Gasteiger partial charge < -0.3 is 5.32 Å². The topological polar surface area (TPSA) is 72.7 Å². The highest BCUT2D eigenvalue weighted by molar-refractivity contribution is 5.95. The highest BCUT2D eigenvalue weighted by Gasteiger charge is 2.11. The molecular formula is C21H19N5O. The number of carbonyl (C=O) groups excluding carboxylic acids is 1. The van der Waals surface area contributed by atoms with Gasteiger partial charge in [0.15, 0.2) is 0 Å². The third kappa shape index (κ3) is 3.42. The molecule has 27 heavy (non-hydrogen) atoms. The Morgan fingerprint density at radius 2 is 1.96 bits per heavy atom. The third-order valence-electron chi connectivity index (χ3n) is 4.41. The summed E-state index contributed by atoms with van der Waals surface area (Å²) < 4.78 is 1.79. The maximum absolute atomic E-state index is 11.8. The Morgan fingerprint density at radius 3 is 2.74 bits per heavy atom. The van der Waals surface area contributed by atoms with Crippen LogP contribution in [0.25, 0.3) is 33.3 Å². The molecule has 6 nitrogen and oxygen atoms in total. The highest BCUT2D eigenvalue weighted by atomic mass is 16.1. The maximum Gasteiger partial charge on any atom is 0.224 e. The van der Waals surface area contributed by atoms with Crippen LogP contribution < -0.4 is 5.32 Å². The van der Waals surface area contributed by atoms with Crippen molar-refractivity contribution in [1.82, 2.24) is 19.7 Å². The average molecular weight is 357 g/mol. The highest BCUT2D eigenvalue weighted by Crippen LogP contribution is 2.29. The molecule has 0 spiro atoms. The average Bonchev–Trinajstić information content (AvgIpc) is 3.14. The van der Waals surface area contributed by atoms with Crippen molar-refractivity contribution in [2.45, 2.75) is 13.3 Å². The Hall–Kier alpha value is -3.54. The van der Waals surface area contributed by atoms with E-state index in [1.165, 1.54) is 0 Å². The second kappa shape index (κ2) is 6.99. The van der Waals surface area contributed by atoms with Gasteiger partial charge in [-0.15, -0.1) is 0 Å². The number of anilines is 1. The molecule has 0 bridgehead atoms. The summed E-state index contributed by atoms with van der Waals surface area (Å²) in [5, 5.41) is 9.23. The maximum atomic E-state index is 11.8. The van der Waals surface area contributed by atoms with E-state index in [0.29, 0.717) is 17.8 Å². The lowest BCUT2D eigenvalue weighted by molar-refractivity contribution is -0.115.